The van der Waals surface area contributed by atoms with Gasteiger partial charge in [0.15, 0.2) is 0 Å². The van der Waals surface area contributed by atoms with Crippen LogP contribution in [-0.4, -0.2) is 77.9 Å². The maximum absolute atomic E-state index is 14.6. The van der Waals surface area contributed by atoms with Crippen LogP contribution in [0.2, 0.25) is 0 Å². The summed E-state index contributed by atoms with van der Waals surface area (Å²) >= 11 is 0. The number of fused-ring (bicyclic) bond motifs is 1. The van der Waals surface area contributed by atoms with E-state index in [4.69, 9.17) is 5.73 Å². The van der Waals surface area contributed by atoms with Crippen molar-refractivity contribution in [1.82, 2.24) is 20.4 Å². The molecule has 4 aromatic carbocycles. The van der Waals surface area contributed by atoms with Crippen LogP contribution in [0.4, 0.5) is 0 Å². The first-order valence-corrected chi connectivity index (χ1v) is 17.7. The van der Waals surface area contributed by atoms with Gasteiger partial charge in [0.2, 0.25) is 17.7 Å². The SMILES string of the molecule is CN[C@@H](C)C(=O)N[C@]1(C(=O)N2CCC[C@H]2CN(CCc2ccccc2)C(=O)[C@H](N)Cc2cccc3ccccc23)C[C@H]1Cc1ccccc1. The molecule has 2 aliphatic rings. The largest absolute Gasteiger partial charge is 0.340 e. The van der Waals surface area contributed by atoms with Crippen molar-refractivity contribution in [2.75, 3.05) is 26.7 Å². The fourth-order valence-electron chi connectivity index (χ4n) is 7.44. The van der Waals surface area contributed by atoms with Crippen LogP contribution < -0.4 is 16.4 Å². The Labute approximate surface area is 290 Å². The molecule has 2 fully saturated rings. The van der Waals surface area contributed by atoms with Crippen LogP contribution in [0.5, 0.6) is 0 Å². The third kappa shape index (κ3) is 7.87. The van der Waals surface area contributed by atoms with Crippen molar-refractivity contribution in [1.29, 1.82) is 0 Å². The lowest BCUT2D eigenvalue weighted by Gasteiger charge is -2.35. The summed E-state index contributed by atoms with van der Waals surface area (Å²) < 4.78 is 0. The van der Waals surface area contributed by atoms with Gasteiger partial charge in [-0.05, 0) is 85.9 Å². The molecule has 4 N–H and O–H groups in total. The smallest absolute Gasteiger partial charge is 0.248 e. The van der Waals surface area contributed by atoms with Gasteiger partial charge in [-0.25, -0.2) is 0 Å². The van der Waals surface area contributed by atoms with Crippen molar-refractivity contribution < 1.29 is 14.4 Å². The molecule has 1 aliphatic carbocycles. The van der Waals surface area contributed by atoms with Crippen LogP contribution >= 0.6 is 0 Å². The van der Waals surface area contributed by atoms with Gasteiger partial charge in [0.05, 0.1) is 12.1 Å². The van der Waals surface area contributed by atoms with E-state index in [-0.39, 0.29) is 29.7 Å². The Kier molecular flexibility index (Phi) is 10.8. The first kappa shape index (κ1) is 34.3. The number of benzene rings is 4. The molecule has 0 spiro atoms. The molecule has 8 nitrogen and oxygen atoms in total. The molecule has 1 aliphatic heterocycles. The second-order valence-corrected chi connectivity index (χ2v) is 13.8. The van der Waals surface area contributed by atoms with E-state index in [0.29, 0.717) is 45.3 Å². The van der Waals surface area contributed by atoms with E-state index in [0.717, 1.165) is 40.3 Å². The van der Waals surface area contributed by atoms with Crippen molar-refractivity contribution in [3.05, 3.63) is 120 Å². The molecule has 0 radical (unpaired) electrons. The highest BCUT2D eigenvalue weighted by Gasteiger charge is 2.63. The molecular weight excluding hydrogens is 610 g/mol. The van der Waals surface area contributed by atoms with Crippen molar-refractivity contribution >= 4 is 28.5 Å². The summed E-state index contributed by atoms with van der Waals surface area (Å²) in [6, 6.07) is 33.3. The maximum Gasteiger partial charge on any atom is 0.248 e. The number of nitrogens with zero attached hydrogens (tertiary/aromatic N) is 2. The van der Waals surface area contributed by atoms with E-state index in [1.807, 2.05) is 70.5 Å². The number of carbonyl (C=O) groups excluding carboxylic acids is 3. The molecule has 1 saturated carbocycles. The van der Waals surface area contributed by atoms with Crippen LogP contribution in [0.15, 0.2) is 103 Å². The Hall–Kier alpha value is -4.53. The summed E-state index contributed by atoms with van der Waals surface area (Å²) in [7, 11) is 1.75. The molecule has 4 aromatic rings. The minimum atomic E-state index is -0.954. The summed E-state index contributed by atoms with van der Waals surface area (Å²) in [5.41, 5.74) is 9.10. The Morgan fingerprint density at radius 2 is 1.59 bits per heavy atom. The minimum absolute atomic E-state index is 0.00147. The molecule has 6 rings (SSSR count). The van der Waals surface area contributed by atoms with Crippen LogP contribution in [0.25, 0.3) is 10.8 Å². The first-order valence-electron chi connectivity index (χ1n) is 17.7. The van der Waals surface area contributed by atoms with Crippen LogP contribution in [0.1, 0.15) is 42.9 Å². The van der Waals surface area contributed by atoms with Crippen LogP contribution in [0, 0.1) is 5.92 Å². The lowest BCUT2D eigenvalue weighted by Crippen LogP contribution is -2.58. The molecule has 3 amide bonds. The zero-order valence-corrected chi connectivity index (χ0v) is 28.7. The number of hydrogen-bond donors (Lipinski definition) is 3. The van der Waals surface area contributed by atoms with E-state index in [1.165, 1.54) is 0 Å². The minimum Gasteiger partial charge on any atom is -0.340 e. The molecule has 5 atom stereocenters. The fraction of sp³-hybridized carbons (Fsp3) is 0.390. The van der Waals surface area contributed by atoms with E-state index in [1.54, 1.807) is 14.0 Å². The van der Waals surface area contributed by atoms with E-state index in [9.17, 15) is 14.4 Å². The van der Waals surface area contributed by atoms with Gasteiger partial charge in [0.25, 0.3) is 0 Å². The Bertz CT molecular complexity index is 1740. The van der Waals surface area contributed by atoms with Crippen molar-refractivity contribution in [2.24, 2.45) is 11.7 Å². The zero-order chi connectivity index (χ0) is 34.4. The standard InChI is InChI=1S/C41H49N5O3/c1-29(43-2)38(47)44-41(27-34(41)25-31-15-7-4-8-16-31)40(49)46-23-12-20-35(46)28-45(24-22-30-13-5-3-6-14-30)39(48)37(42)26-33-19-11-18-32-17-9-10-21-36(32)33/h3-11,13-19,21,29,34-35,37,43H,12,20,22-28,42H2,1-2H3,(H,44,47)/t29-,34+,35-,37+,41+/m0/s1. The van der Waals surface area contributed by atoms with Crippen molar-refractivity contribution in [3.63, 3.8) is 0 Å². The predicted molar refractivity (Wildman–Crippen MR) is 195 cm³/mol. The highest BCUT2D eigenvalue weighted by Crippen LogP contribution is 2.48. The van der Waals surface area contributed by atoms with E-state index < -0.39 is 17.6 Å². The monoisotopic (exact) mass is 659 g/mol. The van der Waals surface area contributed by atoms with Crippen molar-refractivity contribution in [2.45, 2.75) is 69.1 Å². The summed E-state index contributed by atoms with van der Waals surface area (Å²) in [5, 5.41) is 8.41. The number of amides is 3. The number of nitrogens with one attached hydrogen (secondary N) is 2. The molecule has 1 heterocycles. The summed E-state index contributed by atoms with van der Waals surface area (Å²) in [6.07, 6.45) is 4.06. The highest BCUT2D eigenvalue weighted by atomic mass is 16.2. The summed E-state index contributed by atoms with van der Waals surface area (Å²) in [6.45, 7) is 3.31. The Balaban J connectivity index is 1.22. The molecule has 0 bridgehead atoms. The number of nitrogens with two attached hydrogens (primary N) is 1. The number of rotatable bonds is 14. The van der Waals surface area contributed by atoms with E-state index in [2.05, 4.69) is 53.1 Å². The van der Waals surface area contributed by atoms with Gasteiger partial charge in [0, 0.05) is 25.7 Å². The normalized spacial score (nSPS) is 21.2. The van der Waals surface area contributed by atoms with Crippen molar-refractivity contribution in [3.8, 4) is 0 Å². The quantitative estimate of drug-likeness (QED) is 0.185. The topological polar surface area (TPSA) is 108 Å². The number of likely N-dealkylation sites (N-methyl/N-ethyl adjacent to an activating group) is 1. The van der Waals surface area contributed by atoms with Crippen LogP contribution in [0.3, 0.4) is 0 Å². The lowest BCUT2D eigenvalue weighted by molar-refractivity contribution is -0.141. The van der Waals surface area contributed by atoms with Gasteiger partial charge in [-0.15, -0.1) is 0 Å². The zero-order valence-electron chi connectivity index (χ0n) is 28.7. The Morgan fingerprint density at radius 3 is 2.33 bits per heavy atom. The highest BCUT2D eigenvalue weighted by molar-refractivity contribution is 5.96. The van der Waals surface area contributed by atoms with Gasteiger partial charge in [-0.2, -0.15) is 0 Å². The average molecular weight is 660 g/mol. The second kappa shape index (κ2) is 15.3. The molecule has 1 saturated heterocycles. The second-order valence-electron chi connectivity index (χ2n) is 13.8. The molecule has 49 heavy (non-hydrogen) atoms. The van der Waals surface area contributed by atoms with Crippen LogP contribution in [-0.2, 0) is 33.6 Å². The lowest BCUT2D eigenvalue weighted by atomic mass is 9.98. The number of likely N-dealkylation sites (tertiary alicyclic amines) is 1. The van der Waals surface area contributed by atoms with Gasteiger partial charge in [0.1, 0.15) is 5.54 Å². The third-order valence-electron chi connectivity index (χ3n) is 10.5. The van der Waals surface area contributed by atoms with Gasteiger partial charge in [-0.1, -0.05) is 103 Å². The molecule has 256 valence electrons. The molecular formula is C41H49N5O3. The molecule has 0 aromatic heterocycles. The van der Waals surface area contributed by atoms with Gasteiger partial charge < -0.3 is 26.2 Å². The predicted octanol–water partition coefficient (Wildman–Crippen LogP) is 4.50. The Morgan fingerprint density at radius 1 is 0.918 bits per heavy atom. The summed E-state index contributed by atoms with van der Waals surface area (Å²) in [4.78, 5) is 45.8. The van der Waals surface area contributed by atoms with Gasteiger partial charge in [-0.3, -0.25) is 14.4 Å². The first-order chi connectivity index (χ1) is 23.8. The number of carbonyl (C=O) groups is 3. The van der Waals surface area contributed by atoms with Gasteiger partial charge >= 0.3 is 0 Å². The average Bonchev–Trinajstić information content (AvgIpc) is 3.60. The maximum atomic E-state index is 14.6. The molecule has 8 heteroatoms. The summed E-state index contributed by atoms with van der Waals surface area (Å²) in [5.74, 6) is -0.326. The van der Waals surface area contributed by atoms with E-state index >= 15 is 0 Å². The fourth-order valence-corrected chi connectivity index (χ4v) is 7.44. The number of hydrogen-bond acceptors (Lipinski definition) is 5. The third-order valence-corrected chi connectivity index (χ3v) is 10.5. The molecule has 0 unspecified atom stereocenters.